The lowest BCUT2D eigenvalue weighted by atomic mass is 10.2. The Morgan fingerprint density at radius 3 is 2.56 bits per heavy atom. The van der Waals surface area contributed by atoms with Gasteiger partial charge >= 0.3 is 5.97 Å². The van der Waals surface area contributed by atoms with Gasteiger partial charge in [-0.1, -0.05) is 23.7 Å². The van der Waals surface area contributed by atoms with Gasteiger partial charge in [0.05, 0.1) is 11.9 Å². The SMILES string of the molecule is CN1CCN(c2ccc(Nc3ncc(Cl)c(Nc4ccccc4OC(=O)[C@H]4CS4)n3)cc2)CC1. The fourth-order valence-corrected chi connectivity index (χ4v) is 4.16. The molecule has 2 aliphatic rings. The average molecular weight is 497 g/mol. The number of halogens is 1. The Labute approximate surface area is 207 Å². The summed E-state index contributed by atoms with van der Waals surface area (Å²) in [5.74, 6) is 1.82. The minimum Gasteiger partial charge on any atom is -0.423 e. The van der Waals surface area contributed by atoms with Gasteiger partial charge in [-0.15, -0.1) is 11.8 Å². The predicted molar refractivity (Wildman–Crippen MR) is 138 cm³/mol. The van der Waals surface area contributed by atoms with Crippen molar-refractivity contribution < 1.29 is 9.53 Å². The molecular formula is C24H25ClN6O2S. The topological polar surface area (TPSA) is 82.6 Å². The molecule has 0 bridgehead atoms. The fraction of sp³-hybridized carbons (Fsp3) is 0.292. The molecule has 0 amide bonds. The molecule has 5 rings (SSSR count). The van der Waals surface area contributed by atoms with Crippen molar-refractivity contribution >= 4 is 58.2 Å². The number of aromatic nitrogens is 2. The van der Waals surface area contributed by atoms with E-state index in [0.29, 0.717) is 28.2 Å². The summed E-state index contributed by atoms with van der Waals surface area (Å²) in [6.45, 7) is 4.18. The number of para-hydroxylation sites is 2. The first-order valence-electron chi connectivity index (χ1n) is 11.1. The van der Waals surface area contributed by atoms with Gasteiger partial charge in [0.1, 0.15) is 10.3 Å². The van der Waals surface area contributed by atoms with Crippen LogP contribution >= 0.6 is 23.4 Å². The molecule has 0 unspecified atom stereocenters. The monoisotopic (exact) mass is 496 g/mol. The molecule has 2 fully saturated rings. The van der Waals surface area contributed by atoms with Gasteiger partial charge < -0.3 is 25.2 Å². The molecule has 8 nitrogen and oxygen atoms in total. The van der Waals surface area contributed by atoms with Crippen LogP contribution in [-0.2, 0) is 4.79 Å². The molecule has 2 saturated heterocycles. The summed E-state index contributed by atoms with van der Waals surface area (Å²) in [6, 6.07) is 15.5. The minimum atomic E-state index is -0.240. The first-order chi connectivity index (χ1) is 16.5. The number of carbonyl (C=O) groups is 1. The number of rotatable bonds is 7. The van der Waals surface area contributed by atoms with E-state index in [-0.39, 0.29) is 11.2 Å². The average Bonchev–Trinajstić information content (AvgIpc) is 3.69. The van der Waals surface area contributed by atoms with E-state index in [1.54, 1.807) is 17.8 Å². The maximum Gasteiger partial charge on any atom is 0.325 e. The van der Waals surface area contributed by atoms with Crippen LogP contribution in [0.2, 0.25) is 5.02 Å². The van der Waals surface area contributed by atoms with E-state index >= 15 is 0 Å². The lowest BCUT2D eigenvalue weighted by Crippen LogP contribution is -2.44. The number of benzene rings is 2. The molecule has 3 heterocycles. The molecule has 0 aliphatic carbocycles. The molecule has 3 aromatic rings. The van der Waals surface area contributed by atoms with E-state index in [1.165, 1.54) is 11.9 Å². The standard InChI is InChI=1S/C24H25ClN6O2S/c1-30-10-12-31(13-11-30)17-8-6-16(7-9-17)27-24-26-14-18(25)22(29-24)28-19-4-2-3-5-20(19)33-23(32)21-15-34-21/h2-9,14,21H,10-13,15H2,1H3,(H2,26,27,28,29)/t21-/m1/s1. The maximum atomic E-state index is 12.1. The van der Waals surface area contributed by atoms with Gasteiger partial charge in [-0.05, 0) is 43.4 Å². The molecule has 2 N–H and O–H groups in total. The molecule has 0 spiro atoms. The number of likely N-dealkylation sites (N-methyl/N-ethyl adjacent to an activating group) is 1. The summed E-state index contributed by atoms with van der Waals surface area (Å²) in [5, 5.41) is 6.68. The van der Waals surface area contributed by atoms with Gasteiger partial charge in [0.2, 0.25) is 5.95 Å². The van der Waals surface area contributed by atoms with E-state index in [0.717, 1.165) is 37.6 Å². The first-order valence-corrected chi connectivity index (χ1v) is 12.5. The number of esters is 1. The second-order valence-corrected chi connectivity index (χ2v) is 9.86. The molecule has 1 aromatic heterocycles. The largest absolute Gasteiger partial charge is 0.423 e. The Balaban J connectivity index is 1.28. The molecule has 0 radical (unpaired) electrons. The van der Waals surface area contributed by atoms with Crippen LogP contribution in [0.5, 0.6) is 5.75 Å². The maximum absolute atomic E-state index is 12.1. The number of nitrogens with one attached hydrogen (secondary N) is 2. The van der Waals surface area contributed by atoms with Crippen molar-refractivity contribution in [2.45, 2.75) is 5.25 Å². The second-order valence-electron chi connectivity index (χ2n) is 8.22. The van der Waals surface area contributed by atoms with Crippen molar-refractivity contribution in [3.8, 4) is 5.75 Å². The highest BCUT2D eigenvalue weighted by atomic mass is 35.5. The highest BCUT2D eigenvalue weighted by Crippen LogP contribution is 2.35. The van der Waals surface area contributed by atoms with Crippen LogP contribution in [-0.4, -0.2) is 65.1 Å². The van der Waals surface area contributed by atoms with Gasteiger partial charge in [-0.25, -0.2) is 4.98 Å². The first kappa shape index (κ1) is 22.8. The van der Waals surface area contributed by atoms with Crippen LogP contribution in [0.25, 0.3) is 0 Å². The summed E-state index contributed by atoms with van der Waals surface area (Å²) in [4.78, 5) is 25.7. The summed E-state index contributed by atoms with van der Waals surface area (Å²) in [5.41, 5.74) is 2.68. The number of ether oxygens (including phenoxy) is 1. The summed E-state index contributed by atoms with van der Waals surface area (Å²) in [7, 11) is 2.15. The second kappa shape index (κ2) is 10.1. The zero-order valence-electron chi connectivity index (χ0n) is 18.7. The summed E-state index contributed by atoms with van der Waals surface area (Å²) < 4.78 is 5.54. The van der Waals surface area contributed by atoms with Crippen LogP contribution in [0.1, 0.15) is 0 Å². The minimum absolute atomic E-state index is 0.0749. The summed E-state index contributed by atoms with van der Waals surface area (Å²) >= 11 is 7.92. The van der Waals surface area contributed by atoms with Gasteiger partial charge in [0.15, 0.2) is 11.6 Å². The molecule has 10 heteroatoms. The van der Waals surface area contributed by atoms with Crippen molar-refractivity contribution in [3.63, 3.8) is 0 Å². The van der Waals surface area contributed by atoms with E-state index in [9.17, 15) is 4.79 Å². The Morgan fingerprint density at radius 1 is 1.09 bits per heavy atom. The van der Waals surface area contributed by atoms with E-state index in [4.69, 9.17) is 16.3 Å². The number of hydrogen-bond acceptors (Lipinski definition) is 9. The van der Waals surface area contributed by atoms with E-state index < -0.39 is 0 Å². The summed E-state index contributed by atoms with van der Waals surface area (Å²) in [6.07, 6.45) is 1.54. The van der Waals surface area contributed by atoms with E-state index in [1.807, 2.05) is 30.3 Å². The smallest absolute Gasteiger partial charge is 0.325 e. The third kappa shape index (κ3) is 5.55. The van der Waals surface area contributed by atoms with Crippen molar-refractivity contribution in [1.29, 1.82) is 0 Å². The number of nitrogens with zero attached hydrogens (tertiary/aromatic N) is 4. The van der Waals surface area contributed by atoms with Crippen LogP contribution in [0.15, 0.2) is 54.7 Å². The third-order valence-electron chi connectivity index (χ3n) is 5.68. The van der Waals surface area contributed by atoms with Crippen molar-refractivity contribution in [3.05, 3.63) is 59.8 Å². The molecule has 2 aliphatic heterocycles. The zero-order valence-corrected chi connectivity index (χ0v) is 20.3. The van der Waals surface area contributed by atoms with Gasteiger partial charge in [0.25, 0.3) is 0 Å². The molecule has 0 saturated carbocycles. The zero-order chi connectivity index (χ0) is 23.5. The lowest BCUT2D eigenvalue weighted by Gasteiger charge is -2.34. The van der Waals surface area contributed by atoms with Crippen molar-refractivity contribution in [1.82, 2.24) is 14.9 Å². The number of hydrogen-bond donors (Lipinski definition) is 2. The fourth-order valence-electron chi connectivity index (χ4n) is 3.61. The predicted octanol–water partition coefficient (Wildman–Crippen LogP) is 4.39. The Morgan fingerprint density at radius 2 is 1.82 bits per heavy atom. The quantitative estimate of drug-likeness (QED) is 0.281. The number of anilines is 5. The van der Waals surface area contributed by atoms with Crippen LogP contribution < -0.4 is 20.3 Å². The molecular weight excluding hydrogens is 472 g/mol. The van der Waals surface area contributed by atoms with Gasteiger partial charge in [-0.3, -0.25) is 4.79 Å². The highest BCUT2D eigenvalue weighted by Gasteiger charge is 2.33. The molecule has 1 atom stereocenters. The highest BCUT2D eigenvalue weighted by molar-refractivity contribution is 8.07. The number of carbonyl (C=O) groups excluding carboxylic acids is 1. The van der Waals surface area contributed by atoms with Gasteiger partial charge in [-0.2, -0.15) is 4.98 Å². The number of piperazine rings is 1. The lowest BCUT2D eigenvalue weighted by molar-refractivity contribution is -0.132. The molecule has 2 aromatic carbocycles. The number of thioether (sulfide) groups is 1. The molecule has 34 heavy (non-hydrogen) atoms. The van der Waals surface area contributed by atoms with E-state index in [2.05, 4.69) is 49.6 Å². The van der Waals surface area contributed by atoms with Crippen molar-refractivity contribution in [2.24, 2.45) is 0 Å². The molecule has 176 valence electrons. The van der Waals surface area contributed by atoms with Crippen LogP contribution in [0, 0.1) is 0 Å². The normalized spacial score (nSPS) is 17.8. The third-order valence-corrected chi connectivity index (χ3v) is 6.82. The van der Waals surface area contributed by atoms with Gasteiger partial charge in [0, 0.05) is 43.3 Å². The Kier molecular flexibility index (Phi) is 6.75. The Hall–Kier alpha value is -3.01. The van der Waals surface area contributed by atoms with Crippen LogP contribution in [0.3, 0.4) is 0 Å². The Bertz CT molecular complexity index is 1170. The van der Waals surface area contributed by atoms with Crippen LogP contribution in [0.4, 0.5) is 28.8 Å². The van der Waals surface area contributed by atoms with Crippen molar-refractivity contribution in [2.75, 3.05) is 54.5 Å².